The van der Waals surface area contributed by atoms with Gasteiger partial charge in [-0.25, -0.2) is 0 Å². The number of amides is 3. The van der Waals surface area contributed by atoms with Gasteiger partial charge in [-0.05, 0) is 23.1 Å². The Labute approximate surface area is 313 Å². The molecule has 0 saturated heterocycles. The molecule has 3 aromatic carbocycles. The van der Waals surface area contributed by atoms with Crippen LogP contribution in [0.25, 0.3) is 5.73 Å². The van der Waals surface area contributed by atoms with E-state index in [1.165, 1.54) is 0 Å². The predicted octanol–water partition coefficient (Wildman–Crippen LogP) is 3.04. The Kier molecular flexibility index (Phi) is 14.9. The quantitative estimate of drug-likeness (QED) is 0.0875. The monoisotopic (exact) mass is 944 g/mol. The molecule has 3 atom stereocenters. The maximum absolute atomic E-state index is 14.1. The number of primary amides is 1. The molecule has 49 heavy (non-hydrogen) atoms. The summed E-state index contributed by atoms with van der Waals surface area (Å²) >= 11 is 0. The molecule has 0 heterocycles. The Bertz CT molecular complexity index is 1710. The van der Waals surface area contributed by atoms with Crippen LogP contribution in [0.4, 0.5) is 17.6 Å². The zero-order chi connectivity index (χ0) is 36.1. The molecule has 3 rings (SSSR count). The molecule has 0 spiro atoms. The van der Waals surface area contributed by atoms with Crippen LogP contribution < -0.4 is 16.4 Å². The van der Waals surface area contributed by atoms with Crippen molar-refractivity contribution in [3.8, 4) is 0 Å². The number of nitrogens with one attached hydrogen (secondary N) is 3. The van der Waals surface area contributed by atoms with Gasteiger partial charge in [0.15, 0.2) is 0 Å². The number of alkyl halides is 4. The molecule has 0 bridgehead atoms. The number of rotatable bonds is 15. The fourth-order valence-electron chi connectivity index (χ4n) is 4.41. The number of benzene rings is 3. The number of nitrogens with two attached hydrogens (primary N) is 1. The second kappa shape index (κ2) is 17.1. The third-order valence-corrected chi connectivity index (χ3v) is 9.09. The minimum absolute atomic E-state index is 0. The van der Waals surface area contributed by atoms with Crippen molar-refractivity contribution in [2.24, 2.45) is 5.73 Å². The Morgan fingerprint density at radius 3 is 1.41 bits per heavy atom. The van der Waals surface area contributed by atoms with Crippen molar-refractivity contribution in [1.29, 1.82) is 0 Å². The average molecular weight is 945 g/mol. The maximum atomic E-state index is 14.1. The van der Waals surface area contributed by atoms with Gasteiger partial charge in [0.2, 0.25) is 17.7 Å². The van der Waals surface area contributed by atoms with Gasteiger partial charge in [0.1, 0.15) is 12.1 Å². The van der Waals surface area contributed by atoms with Crippen molar-refractivity contribution < 1.29 is 105 Å². The van der Waals surface area contributed by atoms with E-state index in [0.29, 0.717) is 5.56 Å². The summed E-state index contributed by atoms with van der Waals surface area (Å²) < 4.78 is 78.7. The summed E-state index contributed by atoms with van der Waals surface area (Å²) in [7, 11) is -11.7. The van der Waals surface area contributed by atoms with Crippen molar-refractivity contribution in [2.45, 2.75) is 48.7 Å². The fourth-order valence-corrected chi connectivity index (χ4v) is 5.38. The van der Waals surface area contributed by atoms with Crippen LogP contribution in [0.3, 0.4) is 0 Å². The minimum Gasteiger partial charge on any atom is -0.667 e. The van der Waals surface area contributed by atoms with Gasteiger partial charge in [0, 0.05) is 68.0 Å². The molecular weight excluding hydrogens is 913 g/mol. The number of hydrogen-bond donors (Lipinski definition) is 7. The molecule has 3 aromatic rings. The SMILES string of the molecule is [Ac].[NH-]C(Cc1ccccc1)C(=O)NC(Cc1ccc(C(F)(F)P(=O)(O)O)cc1)C(=O)NC(Cc1ccc(C(F)(F)P(=O)(O)O)cc1)C(N)=O. The number of carbonyl (C=O) groups is 3. The van der Waals surface area contributed by atoms with Gasteiger partial charge in [-0.3, -0.25) is 23.5 Å². The molecule has 20 heteroatoms. The molecule has 0 aliphatic rings. The Balaban J connectivity index is 0.00000833. The van der Waals surface area contributed by atoms with Crippen LogP contribution in [-0.2, 0) is 54.1 Å². The van der Waals surface area contributed by atoms with E-state index in [1.54, 1.807) is 30.3 Å². The van der Waals surface area contributed by atoms with Crippen molar-refractivity contribution in [1.82, 2.24) is 10.6 Å². The van der Waals surface area contributed by atoms with Crippen molar-refractivity contribution in [3.63, 3.8) is 0 Å². The van der Waals surface area contributed by atoms with Crippen LogP contribution in [0.2, 0.25) is 0 Å². The minimum atomic E-state index is -5.87. The third kappa shape index (κ3) is 11.2. The zero-order valence-corrected chi connectivity index (χ0v) is 31.8. The van der Waals surface area contributed by atoms with E-state index < -0.39 is 79.9 Å². The fraction of sp³-hybridized carbons (Fsp3) is 0.276. The third-order valence-electron chi connectivity index (χ3n) is 7.11. The molecule has 0 saturated carbocycles. The molecule has 0 aromatic heterocycles. The second-order valence-electron chi connectivity index (χ2n) is 10.7. The molecule has 9 N–H and O–H groups in total. The first kappa shape index (κ1) is 42.7. The van der Waals surface area contributed by atoms with Crippen LogP contribution in [-0.4, -0.2) is 55.4 Å². The molecule has 0 aliphatic heterocycles. The van der Waals surface area contributed by atoms with Crippen LogP contribution >= 0.6 is 15.2 Å². The molecule has 0 fully saturated rings. The van der Waals surface area contributed by atoms with Crippen molar-refractivity contribution in [3.05, 3.63) is 112 Å². The number of hydrogen-bond acceptors (Lipinski definition) is 5. The van der Waals surface area contributed by atoms with Crippen molar-refractivity contribution >= 4 is 32.9 Å². The summed E-state index contributed by atoms with van der Waals surface area (Å²) in [5, 5.41) is 4.70. The summed E-state index contributed by atoms with van der Waals surface area (Å²) in [6.45, 7) is 0. The summed E-state index contributed by atoms with van der Waals surface area (Å²) in [6.07, 6.45) is -0.839. The summed E-state index contributed by atoms with van der Waals surface area (Å²) in [6, 6.07) is 11.0. The first-order valence-corrected chi connectivity index (χ1v) is 17.1. The maximum Gasteiger partial charge on any atom is 0.399 e. The van der Waals surface area contributed by atoms with E-state index in [9.17, 15) is 41.1 Å². The summed E-state index contributed by atoms with van der Waals surface area (Å²) in [5.74, 6) is -3.03. The first-order chi connectivity index (χ1) is 22.1. The number of halogens is 4. The van der Waals surface area contributed by atoms with Crippen molar-refractivity contribution in [2.75, 3.05) is 0 Å². The Morgan fingerprint density at radius 1 is 0.653 bits per heavy atom. The van der Waals surface area contributed by atoms with E-state index in [-0.39, 0.29) is 68.0 Å². The Morgan fingerprint density at radius 2 is 1.02 bits per heavy atom. The molecule has 1 radical (unpaired) electrons. The molecule has 3 amide bonds. The van der Waals surface area contributed by atoms with Gasteiger partial charge in [-0.1, -0.05) is 84.9 Å². The van der Waals surface area contributed by atoms with Crippen LogP contribution in [0.1, 0.15) is 27.8 Å². The van der Waals surface area contributed by atoms with E-state index in [0.717, 1.165) is 48.5 Å². The van der Waals surface area contributed by atoms with Crippen LogP contribution in [0.15, 0.2) is 78.9 Å². The van der Waals surface area contributed by atoms with Gasteiger partial charge in [-0.2, -0.15) is 17.6 Å². The summed E-state index contributed by atoms with van der Waals surface area (Å²) in [4.78, 5) is 74.5. The molecular formula is C29H31AcF4N4O9P2-. The van der Waals surface area contributed by atoms with E-state index >= 15 is 0 Å². The van der Waals surface area contributed by atoms with E-state index in [4.69, 9.17) is 31.0 Å². The van der Waals surface area contributed by atoms with Crippen LogP contribution in [0.5, 0.6) is 0 Å². The largest absolute Gasteiger partial charge is 0.667 e. The van der Waals surface area contributed by atoms with Gasteiger partial charge < -0.3 is 41.7 Å². The molecule has 3 unspecified atom stereocenters. The first-order valence-electron chi connectivity index (χ1n) is 13.8. The van der Waals surface area contributed by atoms with Gasteiger partial charge in [-0.15, -0.1) is 0 Å². The number of carbonyl (C=O) groups excluding carboxylic acids is 3. The molecule has 263 valence electrons. The van der Waals surface area contributed by atoms with Gasteiger partial charge >= 0.3 is 26.5 Å². The second-order valence-corrected chi connectivity index (χ2v) is 14.0. The van der Waals surface area contributed by atoms with Gasteiger partial charge in [0.05, 0.1) is 0 Å². The topological polar surface area (TPSA) is 240 Å². The molecule has 0 aliphatic carbocycles. The summed E-state index contributed by atoms with van der Waals surface area (Å²) in [5.41, 5.74) is 3.58. The Hall–Kier alpha value is -2.51. The van der Waals surface area contributed by atoms with E-state index in [1.807, 2.05) is 0 Å². The van der Waals surface area contributed by atoms with Crippen LogP contribution in [0, 0.1) is 44.1 Å². The smallest absolute Gasteiger partial charge is 0.399 e. The normalized spacial score (nSPS) is 14.1. The average Bonchev–Trinajstić information content (AvgIpc) is 3.00. The predicted molar refractivity (Wildman–Crippen MR) is 163 cm³/mol. The van der Waals surface area contributed by atoms with E-state index in [2.05, 4.69) is 10.6 Å². The molecule has 13 nitrogen and oxygen atoms in total. The standard InChI is InChI=1S/C29H31F4N4O9P2.Ac/c30-28(31,47(41,42)43)20-10-6-18(7-11-20)15-23(25(35)38)36-27(40)24(37-26(39)22(34)14-17-4-2-1-3-5-17)16-19-8-12-21(13-9-19)29(32,33)48(44,45)46;/h1-13,22-24,34H,14-16H2,(H2,35,38)(H,36,40)(H,37,39)(H2,41,42,43)(H2,44,45,46);/q-1;. The zero-order valence-electron chi connectivity index (χ0n) is 25.3. The van der Waals surface area contributed by atoms with Gasteiger partial charge in [0.25, 0.3) is 0 Å².